The second kappa shape index (κ2) is 11.7. The van der Waals surface area contributed by atoms with E-state index in [0.717, 1.165) is 10.5 Å². The summed E-state index contributed by atoms with van der Waals surface area (Å²) in [5.74, 6) is -0.0537. The highest BCUT2D eigenvalue weighted by Gasteiger charge is 2.36. The summed E-state index contributed by atoms with van der Waals surface area (Å²) in [4.78, 5) is 40.5. The molecule has 3 amide bonds. The number of ether oxygens (including phenoxy) is 1. The van der Waals surface area contributed by atoms with Crippen molar-refractivity contribution in [3.05, 3.63) is 71.4 Å². The van der Waals surface area contributed by atoms with Gasteiger partial charge < -0.3 is 15.4 Å². The molecule has 7 nitrogen and oxygen atoms in total. The van der Waals surface area contributed by atoms with Crippen LogP contribution in [-0.2, 0) is 14.3 Å². The smallest absolute Gasteiger partial charge is 0.338 e. The van der Waals surface area contributed by atoms with Gasteiger partial charge in [0.1, 0.15) is 0 Å². The van der Waals surface area contributed by atoms with Crippen LogP contribution in [0.25, 0.3) is 0 Å². The minimum Gasteiger partial charge on any atom is -0.462 e. The Bertz CT molecular complexity index is 1050. The van der Waals surface area contributed by atoms with Gasteiger partial charge in [-0.3, -0.25) is 9.69 Å². The highest BCUT2D eigenvalue weighted by Crippen LogP contribution is 2.32. The lowest BCUT2D eigenvalue weighted by atomic mass is 9.94. The molecule has 0 aromatic heterocycles. The fourth-order valence-electron chi connectivity index (χ4n) is 3.62. The Labute approximate surface area is 204 Å². The van der Waals surface area contributed by atoms with Gasteiger partial charge in [0.2, 0.25) is 5.91 Å². The number of anilines is 1. The molecule has 3 rings (SSSR count). The normalized spacial score (nSPS) is 15.9. The molecule has 1 heterocycles. The lowest BCUT2D eigenvalue weighted by Gasteiger charge is -2.35. The van der Waals surface area contributed by atoms with Crippen LogP contribution in [0, 0.1) is 5.92 Å². The van der Waals surface area contributed by atoms with Crippen molar-refractivity contribution < 1.29 is 19.1 Å². The Kier molecular flexibility index (Phi) is 8.76. The van der Waals surface area contributed by atoms with Gasteiger partial charge in [-0.25, -0.2) is 9.59 Å². The first-order valence-corrected chi connectivity index (χ1v) is 12.3. The summed E-state index contributed by atoms with van der Waals surface area (Å²) < 4.78 is 5.50. The molecule has 0 spiro atoms. The van der Waals surface area contributed by atoms with Crippen LogP contribution in [0.4, 0.5) is 10.5 Å². The van der Waals surface area contributed by atoms with Crippen molar-refractivity contribution in [2.45, 2.75) is 38.6 Å². The van der Waals surface area contributed by atoms with Crippen LogP contribution in [0.15, 0.2) is 70.8 Å². The number of allylic oxidation sites excluding steroid dienone is 1. The number of carbonyl (C=O) groups excluding carboxylic acids is 3. The third-order valence-electron chi connectivity index (χ3n) is 5.32. The fourth-order valence-corrected chi connectivity index (χ4v) is 4.34. The monoisotopic (exact) mass is 481 g/mol. The fraction of sp³-hybridized carbons (Fsp3) is 0.346. The second-order valence-corrected chi connectivity index (χ2v) is 9.44. The summed E-state index contributed by atoms with van der Waals surface area (Å²) in [7, 11) is 0. The SMILES string of the molecule is CCN1C(=O)NC(c2ccc(NC(=O)CSc3ccccc3)cc2)C(C(=O)OCC(C)C)=C1C. The maximum atomic E-state index is 12.9. The van der Waals surface area contributed by atoms with Gasteiger partial charge in [0.25, 0.3) is 0 Å². The number of rotatable bonds is 9. The Morgan fingerprint density at radius 2 is 1.79 bits per heavy atom. The third-order valence-corrected chi connectivity index (χ3v) is 6.33. The highest BCUT2D eigenvalue weighted by atomic mass is 32.2. The van der Waals surface area contributed by atoms with E-state index in [1.54, 1.807) is 31.2 Å². The number of benzene rings is 2. The molecule has 2 N–H and O–H groups in total. The van der Waals surface area contributed by atoms with Crippen molar-refractivity contribution in [2.24, 2.45) is 5.92 Å². The standard InChI is InChI=1S/C26H31N3O4S/c1-5-29-18(4)23(25(31)33-15-17(2)3)24(28-26(29)32)19-11-13-20(14-12-19)27-22(30)16-34-21-9-7-6-8-10-21/h6-14,17,24H,5,15-16H2,1-4H3,(H,27,30)(H,28,32). The average Bonchev–Trinajstić information content (AvgIpc) is 2.82. The molecule has 34 heavy (non-hydrogen) atoms. The third kappa shape index (κ3) is 6.41. The maximum Gasteiger partial charge on any atom is 0.338 e. The molecule has 0 bridgehead atoms. The molecule has 0 fully saturated rings. The molecule has 0 radical (unpaired) electrons. The molecule has 1 aliphatic rings. The molecule has 180 valence electrons. The quantitative estimate of drug-likeness (QED) is 0.390. The van der Waals surface area contributed by atoms with Crippen LogP contribution in [0.1, 0.15) is 39.3 Å². The van der Waals surface area contributed by atoms with E-state index in [1.165, 1.54) is 16.7 Å². The number of hydrogen-bond donors (Lipinski definition) is 2. The molecule has 8 heteroatoms. The minimum atomic E-state index is -0.631. The number of carbonyl (C=O) groups is 3. The van der Waals surface area contributed by atoms with Crippen molar-refractivity contribution >= 4 is 35.4 Å². The van der Waals surface area contributed by atoms with E-state index >= 15 is 0 Å². The number of nitrogens with one attached hydrogen (secondary N) is 2. The van der Waals surface area contributed by atoms with E-state index in [4.69, 9.17) is 4.74 Å². The molecular formula is C26H31N3O4S. The van der Waals surface area contributed by atoms with Crippen molar-refractivity contribution in [1.29, 1.82) is 0 Å². The average molecular weight is 482 g/mol. The molecule has 0 saturated heterocycles. The summed E-state index contributed by atoms with van der Waals surface area (Å²) in [6, 6.07) is 16.0. The number of thioether (sulfide) groups is 1. The number of hydrogen-bond acceptors (Lipinski definition) is 5. The van der Waals surface area contributed by atoms with Gasteiger partial charge in [-0.1, -0.05) is 44.2 Å². The van der Waals surface area contributed by atoms with Crippen LogP contribution in [0.2, 0.25) is 0 Å². The molecular weight excluding hydrogens is 450 g/mol. The number of nitrogens with zero attached hydrogens (tertiary/aromatic N) is 1. The number of amides is 3. The van der Waals surface area contributed by atoms with E-state index < -0.39 is 12.0 Å². The predicted octanol–water partition coefficient (Wildman–Crippen LogP) is 4.98. The van der Waals surface area contributed by atoms with E-state index in [-0.39, 0.29) is 17.9 Å². The molecule has 1 atom stereocenters. The Hall–Kier alpha value is -3.26. The largest absolute Gasteiger partial charge is 0.462 e. The first kappa shape index (κ1) is 25.4. The van der Waals surface area contributed by atoms with Crippen LogP contribution < -0.4 is 10.6 Å². The molecule has 0 saturated carbocycles. The van der Waals surface area contributed by atoms with Gasteiger partial charge in [0, 0.05) is 22.8 Å². The Morgan fingerprint density at radius 1 is 1.12 bits per heavy atom. The zero-order valence-corrected chi connectivity index (χ0v) is 20.8. The summed E-state index contributed by atoms with van der Waals surface area (Å²) in [5.41, 5.74) is 2.37. The molecule has 2 aromatic rings. The summed E-state index contributed by atoms with van der Waals surface area (Å²) in [6.07, 6.45) is 0. The van der Waals surface area contributed by atoms with Gasteiger partial charge in [-0.05, 0) is 49.6 Å². The lowest BCUT2D eigenvalue weighted by molar-refractivity contribution is -0.140. The van der Waals surface area contributed by atoms with Crippen molar-refractivity contribution in [1.82, 2.24) is 10.2 Å². The highest BCUT2D eigenvalue weighted by molar-refractivity contribution is 8.00. The van der Waals surface area contributed by atoms with Crippen molar-refractivity contribution in [2.75, 3.05) is 24.2 Å². The van der Waals surface area contributed by atoms with E-state index in [9.17, 15) is 14.4 Å². The van der Waals surface area contributed by atoms with Crippen molar-refractivity contribution in [3.63, 3.8) is 0 Å². The zero-order chi connectivity index (χ0) is 24.7. The first-order valence-electron chi connectivity index (χ1n) is 11.3. The molecule has 0 aliphatic carbocycles. The van der Waals surface area contributed by atoms with E-state index in [2.05, 4.69) is 10.6 Å². The lowest BCUT2D eigenvalue weighted by Crippen LogP contribution is -2.47. The zero-order valence-electron chi connectivity index (χ0n) is 20.0. The molecule has 1 aliphatic heterocycles. The number of urea groups is 1. The molecule has 1 unspecified atom stereocenters. The summed E-state index contributed by atoms with van der Waals surface area (Å²) >= 11 is 1.46. The van der Waals surface area contributed by atoms with Gasteiger partial charge in [0.15, 0.2) is 0 Å². The van der Waals surface area contributed by atoms with Crippen LogP contribution >= 0.6 is 11.8 Å². The van der Waals surface area contributed by atoms with E-state index in [0.29, 0.717) is 35.9 Å². The number of esters is 1. The van der Waals surface area contributed by atoms with Crippen molar-refractivity contribution in [3.8, 4) is 0 Å². The minimum absolute atomic E-state index is 0.111. The van der Waals surface area contributed by atoms with Crippen LogP contribution in [0.5, 0.6) is 0 Å². The summed E-state index contributed by atoms with van der Waals surface area (Å²) in [5, 5.41) is 5.80. The predicted molar refractivity (Wildman–Crippen MR) is 134 cm³/mol. The second-order valence-electron chi connectivity index (χ2n) is 8.39. The van der Waals surface area contributed by atoms with Crippen LogP contribution in [0.3, 0.4) is 0 Å². The van der Waals surface area contributed by atoms with Gasteiger partial charge in [-0.15, -0.1) is 11.8 Å². The first-order chi connectivity index (χ1) is 16.3. The van der Waals surface area contributed by atoms with Gasteiger partial charge in [-0.2, -0.15) is 0 Å². The topological polar surface area (TPSA) is 87.7 Å². The van der Waals surface area contributed by atoms with Crippen LogP contribution in [-0.4, -0.2) is 41.7 Å². The molecule has 2 aromatic carbocycles. The Balaban J connectivity index is 1.73. The Morgan fingerprint density at radius 3 is 2.41 bits per heavy atom. The van der Waals surface area contributed by atoms with Gasteiger partial charge in [0.05, 0.1) is 24.0 Å². The summed E-state index contributed by atoms with van der Waals surface area (Å²) in [6.45, 7) is 8.30. The maximum absolute atomic E-state index is 12.9. The van der Waals surface area contributed by atoms with Gasteiger partial charge >= 0.3 is 12.0 Å². The van der Waals surface area contributed by atoms with E-state index in [1.807, 2.05) is 51.1 Å².